The van der Waals surface area contributed by atoms with Gasteiger partial charge in [0.1, 0.15) is 4.90 Å². The number of nitrogens with one attached hydrogen (secondary N) is 1. The highest BCUT2D eigenvalue weighted by atomic mass is 32.2. The van der Waals surface area contributed by atoms with Crippen LogP contribution in [0.1, 0.15) is 11.4 Å². The highest BCUT2D eigenvalue weighted by molar-refractivity contribution is 7.89. The average Bonchev–Trinajstić information content (AvgIpc) is 2.38. The summed E-state index contributed by atoms with van der Waals surface area (Å²) >= 11 is 0. The molecule has 1 heterocycles. The van der Waals surface area contributed by atoms with Crippen LogP contribution in [0.4, 0.5) is 0 Å². The van der Waals surface area contributed by atoms with Gasteiger partial charge in [0.25, 0.3) is 0 Å². The van der Waals surface area contributed by atoms with Gasteiger partial charge in [-0.2, -0.15) is 9.82 Å². The second-order valence-electron chi connectivity index (χ2n) is 3.15. The Labute approximate surface area is 89.5 Å². The Bertz CT molecular complexity index is 508. The minimum Gasteiger partial charge on any atom is -0.271 e. The molecule has 0 aliphatic heterocycles. The number of aryl methyl sites for hydroxylation is 2. The second-order valence-corrected chi connectivity index (χ2v) is 4.86. The predicted molar refractivity (Wildman–Crippen MR) is 56.7 cm³/mol. The van der Waals surface area contributed by atoms with Crippen molar-refractivity contribution in [3.05, 3.63) is 11.4 Å². The second kappa shape index (κ2) is 4.04. The van der Waals surface area contributed by atoms with Gasteiger partial charge in [-0.25, -0.2) is 8.42 Å². The Hall–Kier alpha value is -1.32. The molecule has 0 amide bonds. The lowest BCUT2D eigenvalue weighted by molar-refractivity contribution is 0.584. The SMILES string of the molecule is C#CCNS(=O)(=O)c1c(C)nn(C)c1C. The van der Waals surface area contributed by atoms with E-state index in [1.165, 1.54) is 4.68 Å². The molecule has 6 heteroatoms. The summed E-state index contributed by atoms with van der Waals surface area (Å²) in [6.07, 6.45) is 5.00. The maximum absolute atomic E-state index is 11.8. The summed E-state index contributed by atoms with van der Waals surface area (Å²) in [4.78, 5) is 0.209. The number of rotatable bonds is 3. The van der Waals surface area contributed by atoms with E-state index in [-0.39, 0.29) is 11.4 Å². The number of terminal acetylenes is 1. The maximum Gasteiger partial charge on any atom is 0.245 e. The van der Waals surface area contributed by atoms with Crippen molar-refractivity contribution in [2.45, 2.75) is 18.7 Å². The topological polar surface area (TPSA) is 64.0 Å². The molecule has 0 saturated carbocycles. The normalized spacial score (nSPS) is 11.3. The first-order valence-corrected chi connectivity index (χ1v) is 5.81. The predicted octanol–water partition coefficient (Wildman–Crippen LogP) is -0.0516. The number of nitrogens with zero attached hydrogens (tertiary/aromatic N) is 2. The summed E-state index contributed by atoms with van der Waals surface area (Å²) in [6, 6.07) is 0. The minimum absolute atomic E-state index is 0.0178. The van der Waals surface area contributed by atoms with Gasteiger partial charge in [0, 0.05) is 7.05 Å². The van der Waals surface area contributed by atoms with E-state index in [4.69, 9.17) is 6.42 Å². The first-order chi connectivity index (χ1) is 6.90. The molecule has 1 aromatic rings. The quantitative estimate of drug-likeness (QED) is 0.736. The van der Waals surface area contributed by atoms with Crippen LogP contribution >= 0.6 is 0 Å². The molecule has 0 atom stereocenters. The molecule has 15 heavy (non-hydrogen) atoms. The van der Waals surface area contributed by atoms with Crippen LogP contribution in [-0.4, -0.2) is 24.7 Å². The third-order valence-corrected chi connectivity index (χ3v) is 3.73. The summed E-state index contributed by atoms with van der Waals surface area (Å²) in [5, 5.41) is 4.03. The van der Waals surface area contributed by atoms with Crippen LogP contribution in [0.25, 0.3) is 0 Å². The van der Waals surface area contributed by atoms with Gasteiger partial charge >= 0.3 is 0 Å². The number of aromatic nitrogens is 2. The molecule has 0 saturated heterocycles. The van der Waals surface area contributed by atoms with Gasteiger partial charge in [-0.15, -0.1) is 6.42 Å². The van der Waals surface area contributed by atoms with Crippen LogP contribution in [0.3, 0.4) is 0 Å². The molecule has 1 rings (SSSR count). The Morgan fingerprint density at radius 3 is 2.53 bits per heavy atom. The van der Waals surface area contributed by atoms with Crippen molar-refractivity contribution in [2.24, 2.45) is 7.05 Å². The molecule has 82 valence electrons. The molecule has 0 fully saturated rings. The van der Waals surface area contributed by atoms with E-state index < -0.39 is 10.0 Å². The molecule has 0 unspecified atom stereocenters. The van der Waals surface area contributed by atoms with Crippen molar-refractivity contribution in [2.75, 3.05) is 6.54 Å². The fraction of sp³-hybridized carbons (Fsp3) is 0.444. The molecule has 5 nitrogen and oxygen atoms in total. The summed E-state index contributed by atoms with van der Waals surface area (Å²) in [5.74, 6) is 2.22. The number of hydrogen-bond acceptors (Lipinski definition) is 3. The van der Waals surface area contributed by atoms with Gasteiger partial charge in [-0.05, 0) is 13.8 Å². The highest BCUT2D eigenvalue weighted by Gasteiger charge is 2.22. The molecule has 0 aliphatic rings. The van der Waals surface area contributed by atoms with Crippen LogP contribution in [0, 0.1) is 26.2 Å². The third-order valence-electron chi connectivity index (χ3n) is 2.08. The highest BCUT2D eigenvalue weighted by Crippen LogP contribution is 2.17. The molecule has 0 aromatic carbocycles. The van der Waals surface area contributed by atoms with E-state index in [0.717, 1.165) is 0 Å². The van der Waals surface area contributed by atoms with E-state index in [1.54, 1.807) is 20.9 Å². The number of hydrogen-bond donors (Lipinski definition) is 1. The summed E-state index contributed by atoms with van der Waals surface area (Å²) in [6.45, 7) is 3.33. The van der Waals surface area contributed by atoms with Crippen molar-refractivity contribution in [3.63, 3.8) is 0 Å². The van der Waals surface area contributed by atoms with Crippen molar-refractivity contribution >= 4 is 10.0 Å². The van der Waals surface area contributed by atoms with Gasteiger partial charge in [0.05, 0.1) is 17.9 Å². The van der Waals surface area contributed by atoms with E-state index in [2.05, 4.69) is 15.7 Å². The standard InChI is InChI=1S/C9H13N3O2S/c1-5-6-10-15(13,14)9-7(2)11-12(4)8(9)3/h1,10H,6H2,2-4H3. The molecule has 0 bridgehead atoms. The first-order valence-electron chi connectivity index (χ1n) is 4.33. The zero-order valence-corrected chi connectivity index (χ0v) is 9.72. The van der Waals surface area contributed by atoms with Crippen molar-refractivity contribution in [1.82, 2.24) is 14.5 Å². The van der Waals surface area contributed by atoms with Crippen molar-refractivity contribution in [1.29, 1.82) is 0 Å². The smallest absolute Gasteiger partial charge is 0.245 e. The van der Waals surface area contributed by atoms with Gasteiger partial charge in [-0.1, -0.05) is 5.92 Å². The fourth-order valence-corrected chi connectivity index (χ4v) is 2.72. The van der Waals surface area contributed by atoms with Crippen LogP contribution in [0.5, 0.6) is 0 Å². The van der Waals surface area contributed by atoms with Crippen molar-refractivity contribution in [3.8, 4) is 12.3 Å². The Balaban J connectivity index is 3.22. The number of sulfonamides is 1. The fourth-order valence-electron chi connectivity index (χ4n) is 1.35. The monoisotopic (exact) mass is 227 g/mol. The van der Waals surface area contributed by atoms with Gasteiger partial charge in [0.2, 0.25) is 10.0 Å². The van der Waals surface area contributed by atoms with Gasteiger partial charge in [-0.3, -0.25) is 4.68 Å². The molecule has 1 aromatic heterocycles. The van der Waals surface area contributed by atoms with Gasteiger partial charge < -0.3 is 0 Å². The van der Waals surface area contributed by atoms with Crippen LogP contribution in [0.2, 0.25) is 0 Å². The summed E-state index contributed by atoms with van der Waals surface area (Å²) < 4.78 is 27.4. The lowest BCUT2D eigenvalue weighted by Crippen LogP contribution is -2.25. The van der Waals surface area contributed by atoms with Crippen LogP contribution < -0.4 is 4.72 Å². The molecule has 0 radical (unpaired) electrons. The van der Waals surface area contributed by atoms with Gasteiger partial charge in [0.15, 0.2) is 0 Å². The molecular formula is C9H13N3O2S. The van der Waals surface area contributed by atoms with Crippen LogP contribution in [0.15, 0.2) is 4.90 Å². The Morgan fingerprint density at radius 1 is 1.53 bits per heavy atom. The Kier molecular flexibility index (Phi) is 3.17. The van der Waals surface area contributed by atoms with Crippen LogP contribution in [-0.2, 0) is 17.1 Å². The molecular weight excluding hydrogens is 214 g/mol. The average molecular weight is 227 g/mol. The largest absolute Gasteiger partial charge is 0.271 e. The maximum atomic E-state index is 11.8. The zero-order chi connectivity index (χ0) is 11.6. The third kappa shape index (κ3) is 2.19. The first kappa shape index (κ1) is 11.8. The van der Waals surface area contributed by atoms with E-state index >= 15 is 0 Å². The molecule has 0 aliphatic carbocycles. The minimum atomic E-state index is -3.54. The molecule has 0 spiro atoms. The van der Waals surface area contributed by atoms with E-state index in [0.29, 0.717) is 11.4 Å². The van der Waals surface area contributed by atoms with E-state index in [1.807, 2.05) is 0 Å². The zero-order valence-electron chi connectivity index (χ0n) is 8.90. The Morgan fingerprint density at radius 2 is 2.13 bits per heavy atom. The molecule has 1 N–H and O–H groups in total. The summed E-state index contributed by atoms with van der Waals surface area (Å²) in [5.41, 5.74) is 1.07. The lowest BCUT2D eigenvalue weighted by Gasteiger charge is -2.03. The van der Waals surface area contributed by atoms with Crippen molar-refractivity contribution < 1.29 is 8.42 Å². The van der Waals surface area contributed by atoms with E-state index in [9.17, 15) is 8.42 Å². The summed E-state index contributed by atoms with van der Waals surface area (Å²) in [7, 11) is -1.84. The lowest BCUT2D eigenvalue weighted by atomic mass is 10.4.